The molecule has 0 bridgehead atoms. The molecule has 0 heterocycles. The van der Waals surface area contributed by atoms with Gasteiger partial charge in [-0.3, -0.25) is 0 Å². The third-order valence-electron chi connectivity index (χ3n) is 2.48. The highest BCUT2D eigenvalue weighted by Gasteiger charge is 2.00. The number of aliphatic hydroxyl groups excluding tert-OH is 1. The van der Waals surface area contributed by atoms with E-state index in [1.165, 1.54) is 16.3 Å². The third-order valence-corrected chi connectivity index (χ3v) is 2.48. The van der Waals surface area contributed by atoms with Crippen molar-refractivity contribution < 1.29 is 5.11 Å². The van der Waals surface area contributed by atoms with Crippen molar-refractivity contribution in [3.63, 3.8) is 0 Å². The van der Waals surface area contributed by atoms with Crippen molar-refractivity contribution in [1.29, 1.82) is 0 Å². The zero-order valence-electron chi connectivity index (χ0n) is 7.62. The quantitative estimate of drug-likeness (QED) is 0.701. The number of aryl methyl sites for hydroxylation is 1. The molecule has 0 aliphatic carbocycles. The summed E-state index contributed by atoms with van der Waals surface area (Å²) in [6.07, 6.45) is 0. The Hall–Kier alpha value is -1.34. The Morgan fingerprint density at radius 1 is 1.08 bits per heavy atom. The zero-order valence-corrected chi connectivity index (χ0v) is 7.62. The minimum Gasteiger partial charge on any atom is -0.392 e. The van der Waals surface area contributed by atoms with E-state index in [0.29, 0.717) is 0 Å². The van der Waals surface area contributed by atoms with Crippen molar-refractivity contribution in [2.75, 3.05) is 0 Å². The molecule has 1 heteroatoms. The minimum atomic E-state index is 0.122. The summed E-state index contributed by atoms with van der Waals surface area (Å²) in [5, 5.41) is 11.5. The first-order valence-corrected chi connectivity index (χ1v) is 4.41. The summed E-state index contributed by atoms with van der Waals surface area (Å²) in [6, 6.07) is 12.3. The SMILES string of the molecule is Cc1c(CO)ccc2ccccc12. The van der Waals surface area contributed by atoms with Gasteiger partial charge in [-0.15, -0.1) is 0 Å². The Bertz CT molecular complexity index is 432. The summed E-state index contributed by atoms with van der Waals surface area (Å²) in [6.45, 7) is 2.17. The second kappa shape index (κ2) is 3.19. The maximum absolute atomic E-state index is 9.08. The van der Waals surface area contributed by atoms with E-state index in [2.05, 4.69) is 12.1 Å². The predicted molar refractivity (Wildman–Crippen MR) is 54.6 cm³/mol. The second-order valence-corrected chi connectivity index (χ2v) is 3.23. The molecule has 2 aromatic rings. The lowest BCUT2D eigenvalue weighted by molar-refractivity contribution is 0.281. The van der Waals surface area contributed by atoms with Crippen LogP contribution in [-0.2, 0) is 6.61 Å². The first-order valence-electron chi connectivity index (χ1n) is 4.41. The van der Waals surface area contributed by atoms with Crippen LogP contribution < -0.4 is 0 Å². The van der Waals surface area contributed by atoms with Crippen LogP contribution >= 0.6 is 0 Å². The van der Waals surface area contributed by atoms with E-state index >= 15 is 0 Å². The van der Waals surface area contributed by atoms with Crippen LogP contribution in [0.5, 0.6) is 0 Å². The number of aliphatic hydroxyl groups is 1. The molecule has 0 amide bonds. The number of rotatable bonds is 1. The molecule has 0 atom stereocenters. The molecule has 0 saturated heterocycles. The van der Waals surface area contributed by atoms with Gasteiger partial charge in [0.2, 0.25) is 0 Å². The third kappa shape index (κ3) is 1.31. The molecule has 0 aromatic heterocycles. The minimum absolute atomic E-state index is 0.122. The van der Waals surface area contributed by atoms with Crippen LogP contribution in [0.4, 0.5) is 0 Å². The van der Waals surface area contributed by atoms with Gasteiger partial charge in [0.1, 0.15) is 0 Å². The molecule has 2 aromatic carbocycles. The summed E-state index contributed by atoms with van der Waals surface area (Å²) in [4.78, 5) is 0. The monoisotopic (exact) mass is 172 g/mol. The van der Waals surface area contributed by atoms with Gasteiger partial charge in [-0.25, -0.2) is 0 Å². The van der Waals surface area contributed by atoms with Gasteiger partial charge in [0.15, 0.2) is 0 Å². The van der Waals surface area contributed by atoms with Gasteiger partial charge in [-0.2, -0.15) is 0 Å². The van der Waals surface area contributed by atoms with Crippen molar-refractivity contribution in [2.24, 2.45) is 0 Å². The van der Waals surface area contributed by atoms with Crippen molar-refractivity contribution in [2.45, 2.75) is 13.5 Å². The molecule has 2 rings (SSSR count). The van der Waals surface area contributed by atoms with E-state index in [9.17, 15) is 0 Å². The van der Waals surface area contributed by atoms with Gasteiger partial charge in [-0.1, -0.05) is 36.4 Å². The van der Waals surface area contributed by atoms with Crippen LogP contribution in [-0.4, -0.2) is 5.11 Å². The molecule has 0 spiro atoms. The lowest BCUT2D eigenvalue weighted by Crippen LogP contribution is -1.89. The summed E-state index contributed by atoms with van der Waals surface area (Å²) in [7, 11) is 0. The average molecular weight is 172 g/mol. The number of fused-ring (bicyclic) bond motifs is 1. The van der Waals surface area contributed by atoms with Crippen LogP contribution in [0.3, 0.4) is 0 Å². The van der Waals surface area contributed by atoms with Crippen molar-refractivity contribution in [3.05, 3.63) is 47.5 Å². The summed E-state index contributed by atoms with van der Waals surface area (Å²) in [5.74, 6) is 0. The lowest BCUT2D eigenvalue weighted by atomic mass is 10.0. The van der Waals surface area contributed by atoms with Crippen LogP contribution in [0.1, 0.15) is 11.1 Å². The van der Waals surface area contributed by atoms with E-state index < -0.39 is 0 Å². The number of hydrogen-bond acceptors (Lipinski definition) is 1. The second-order valence-electron chi connectivity index (χ2n) is 3.23. The highest BCUT2D eigenvalue weighted by molar-refractivity contribution is 5.86. The first kappa shape index (κ1) is 8.27. The van der Waals surface area contributed by atoms with Crippen LogP contribution in [0.2, 0.25) is 0 Å². The fraction of sp³-hybridized carbons (Fsp3) is 0.167. The van der Waals surface area contributed by atoms with Gasteiger partial charge >= 0.3 is 0 Å². The van der Waals surface area contributed by atoms with Crippen LogP contribution in [0.15, 0.2) is 36.4 Å². The zero-order chi connectivity index (χ0) is 9.26. The van der Waals surface area contributed by atoms with Crippen LogP contribution in [0, 0.1) is 6.92 Å². The molecule has 0 aliphatic rings. The van der Waals surface area contributed by atoms with E-state index in [-0.39, 0.29) is 6.61 Å². The highest BCUT2D eigenvalue weighted by Crippen LogP contribution is 2.21. The van der Waals surface area contributed by atoms with Gasteiger partial charge < -0.3 is 5.11 Å². The van der Waals surface area contributed by atoms with Crippen molar-refractivity contribution in [3.8, 4) is 0 Å². The maximum atomic E-state index is 9.08. The fourth-order valence-electron chi connectivity index (χ4n) is 1.64. The van der Waals surface area contributed by atoms with E-state index in [4.69, 9.17) is 5.11 Å². The molecule has 0 aliphatic heterocycles. The first-order chi connectivity index (χ1) is 6.33. The molecule has 0 radical (unpaired) electrons. The van der Waals surface area contributed by atoms with Crippen molar-refractivity contribution >= 4 is 10.8 Å². The van der Waals surface area contributed by atoms with Crippen molar-refractivity contribution in [1.82, 2.24) is 0 Å². The smallest absolute Gasteiger partial charge is 0.0684 e. The van der Waals surface area contributed by atoms with Gasteiger partial charge in [0.05, 0.1) is 6.61 Å². The maximum Gasteiger partial charge on any atom is 0.0684 e. The number of hydrogen-bond donors (Lipinski definition) is 1. The average Bonchev–Trinajstić information content (AvgIpc) is 2.19. The number of benzene rings is 2. The van der Waals surface area contributed by atoms with Crippen LogP contribution in [0.25, 0.3) is 10.8 Å². The highest BCUT2D eigenvalue weighted by atomic mass is 16.3. The molecule has 13 heavy (non-hydrogen) atoms. The molecule has 66 valence electrons. The largest absolute Gasteiger partial charge is 0.392 e. The van der Waals surface area contributed by atoms with E-state index in [0.717, 1.165) is 5.56 Å². The standard InChI is InChI=1S/C12H12O/c1-9-11(8-13)7-6-10-4-2-3-5-12(9)10/h2-7,13H,8H2,1H3. The Labute approximate surface area is 77.6 Å². The van der Waals surface area contributed by atoms with E-state index in [1.54, 1.807) is 0 Å². The topological polar surface area (TPSA) is 20.2 Å². The molecule has 1 nitrogen and oxygen atoms in total. The normalized spacial score (nSPS) is 10.6. The lowest BCUT2D eigenvalue weighted by Gasteiger charge is -2.06. The molecular formula is C12H12O. The molecule has 0 unspecified atom stereocenters. The summed E-state index contributed by atoms with van der Waals surface area (Å²) < 4.78 is 0. The Balaban J connectivity index is 2.79. The summed E-state index contributed by atoms with van der Waals surface area (Å²) in [5.41, 5.74) is 2.19. The Morgan fingerprint density at radius 3 is 2.62 bits per heavy atom. The summed E-state index contributed by atoms with van der Waals surface area (Å²) >= 11 is 0. The Morgan fingerprint density at radius 2 is 1.85 bits per heavy atom. The van der Waals surface area contributed by atoms with Gasteiger partial charge in [-0.05, 0) is 28.8 Å². The Kier molecular flexibility index (Phi) is 2.03. The molecular weight excluding hydrogens is 160 g/mol. The molecule has 0 fully saturated rings. The fourth-order valence-corrected chi connectivity index (χ4v) is 1.64. The predicted octanol–water partition coefficient (Wildman–Crippen LogP) is 2.64. The van der Waals surface area contributed by atoms with E-state index in [1.807, 2.05) is 31.2 Å². The molecule has 0 saturated carbocycles. The van der Waals surface area contributed by atoms with Gasteiger partial charge in [0.25, 0.3) is 0 Å². The van der Waals surface area contributed by atoms with Gasteiger partial charge in [0, 0.05) is 0 Å². The molecule has 1 N–H and O–H groups in total.